The highest BCUT2D eigenvalue weighted by molar-refractivity contribution is 7.89. The van der Waals surface area contributed by atoms with Crippen molar-refractivity contribution < 1.29 is 22.7 Å². The van der Waals surface area contributed by atoms with E-state index in [2.05, 4.69) is 10.6 Å². The van der Waals surface area contributed by atoms with Crippen molar-refractivity contribution in [2.24, 2.45) is 11.8 Å². The lowest BCUT2D eigenvalue weighted by molar-refractivity contribution is -0.118. The number of ether oxygens (including phenoxy) is 2. The summed E-state index contributed by atoms with van der Waals surface area (Å²) in [6.45, 7) is 2.61. The van der Waals surface area contributed by atoms with E-state index in [0.717, 1.165) is 13.1 Å². The van der Waals surface area contributed by atoms with E-state index in [1.54, 1.807) is 0 Å². The maximum absolute atomic E-state index is 13.1. The van der Waals surface area contributed by atoms with Gasteiger partial charge in [-0.05, 0) is 24.9 Å². The molecule has 3 aliphatic rings. The van der Waals surface area contributed by atoms with Crippen LogP contribution in [0.5, 0.6) is 11.5 Å². The second-order valence-corrected chi connectivity index (χ2v) is 8.24. The van der Waals surface area contributed by atoms with Gasteiger partial charge in [-0.25, -0.2) is 8.42 Å². The summed E-state index contributed by atoms with van der Waals surface area (Å²) in [6, 6.07) is 2.94. The number of methoxy groups -OCH3 is 1. The van der Waals surface area contributed by atoms with Gasteiger partial charge in [0, 0.05) is 25.2 Å². The van der Waals surface area contributed by atoms with Gasteiger partial charge in [0.2, 0.25) is 10.0 Å². The van der Waals surface area contributed by atoms with Gasteiger partial charge in [-0.1, -0.05) is 0 Å². The molecule has 3 heterocycles. The van der Waals surface area contributed by atoms with Crippen molar-refractivity contribution in [1.29, 1.82) is 0 Å². The molecule has 2 N–H and O–H groups in total. The highest BCUT2D eigenvalue weighted by Gasteiger charge is 2.42. The molecular weight excluding hydrogens is 370 g/mol. The molecule has 1 amide bonds. The summed E-state index contributed by atoms with van der Waals surface area (Å²) in [5.41, 5.74) is 0.421. The van der Waals surface area contributed by atoms with Gasteiger partial charge >= 0.3 is 0 Å². The van der Waals surface area contributed by atoms with E-state index in [1.165, 1.54) is 23.5 Å². The van der Waals surface area contributed by atoms with Gasteiger partial charge in [0.25, 0.3) is 5.91 Å². The maximum atomic E-state index is 13.1. The number of halogens is 1. The normalized spacial score (nSPS) is 25.4. The van der Waals surface area contributed by atoms with E-state index in [-0.39, 0.29) is 35.6 Å². The molecule has 138 valence electrons. The minimum Gasteiger partial charge on any atom is -0.495 e. The monoisotopic (exact) mass is 389 g/mol. The lowest BCUT2D eigenvalue weighted by Gasteiger charge is -2.23. The zero-order valence-corrected chi connectivity index (χ0v) is 15.3. The van der Waals surface area contributed by atoms with Crippen LogP contribution < -0.4 is 20.1 Å². The summed E-state index contributed by atoms with van der Waals surface area (Å²) in [6.07, 6.45) is 0. The molecule has 0 unspecified atom stereocenters. The molecule has 0 radical (unpaired) electrons. The Morgan fingerprint density at radius 3 is 2.56 bits per heavy atom. The Morgan fingerprint density at radius 2 is 1.92 bits per heavy atom. The number of anilines is 1. The van der Waals surface area contributed by atoms with E-state index < -0.39 is 10.0 Å². The number of carbonyl (C=O) groups excluding carboxylic acids is 1. The number of amides is 1. The Kier molecular flexibility index (Phi) is 4.84. The van der Waals surface area contributed by atoms with Crippen LogP contribution in [0, 0.1) is 11.8 Å². The van der Waals surface area contributed by atoms with E-state index in [0.29, 0.717) is 36.4 Å². The van der Waals surface area contributed by atoms with Crippen molar-refractivity contribution in [3.8, 4) is 11.5 Å². The van der Waals surface area contributed by atoms with Gasteiger partial charge in [-0.2, -0.15) is 4.31 Å². The maximum Gasteiger partial charge on any atom is 0.262 e. The third-order valence-corrected chi connectivity index (χ3v) is 6.73. The fraction of sp³-hybridized carbons (Fsp3) is 0.533. The highest BCUT2D eigenvalue weighted by Crippen LogP contribution is 2.40. The Labute approximate surface area is 152 Å². The molecule has 1 aromatic carbocycles. The Balaban J connectivity index is 0.00000182. The standard InChI is InChI=1S/C15H19N3O5S.ClH/c1-22-13-2-11-12(23-8-15(19)17-11)3-14(13)24(20,21)18-6-9-4-16-5-10(9)7-18;/h2-3,9-10,16H,4-8H2,1H3,(H,17,19);1H/t9-,10+;. The molecule has 10 heteroatoms. The SMILES string of the molecule is COc1cc2c(cc1S(=O)(=O)N1C[C@H]3CNC[C@H]3C1)OCC(=O)N2.Cl. The molecule has 4 rings (SSSR count). The summed E-state index contributed by atoms with van der Waals surface area (Å²) in [5, 5.41) is 5.95. The van der Waals surface area contributed by atoms with Gasteiger partial charge in [-0.3, -0.25) is 4.79 Å². The average molecular weight is 390 g/mol. The zero-order valence-electron chi connectivity index (χ0n) is 13.6. The van der Waals surface area contributed by atoms with Gasteiger partial charge in [0.05, 0.1) is 12.8 Å². The van der Waals surface area contributed by atoms with Gasteiger partial charge in [-0.15, -0.1) is 12.4 Å². The topological polar surface area (TPSA) is 97.0 Å². The van der Waals surface area contributed by atoms with Gasteiger partial charge < -0.3 is 20.1 Å². The lowest BCUT2D eigenvalue weighted by Crippen LogP contribution is -2.32. The van der Waals surface area contributed by atoms with E-state index >= 15 is 0 Å². The van der Waals surface area contributed by atoms with Crippen LogP contribution in [-0.2, 0) is 14.8 Å². The number of nitrogens with one attached hydrogen (secondary N) is 2. The molecule has 2 saturated heterocycles. The number of carbonyl (C=O) groups is 1. The summed E-state index contributed by atoms with van der Waals surface area (Å²) in [5.74, 6) is 0.989. The van der Waals surface area contributed by atoms with Crippen molar-refractivity contribution in [2.45, 2.75) is 4.90 Å². The third kappa shape index (κ3) is 3.05. The average Bonchev–Trinajstić information content (AvgIpc) is 3.15. The predicted molar refractivity (Wildman–Crippen MR) is 93.0 cm³/mol. The zero-order chi connectivity index (χ0) is 16.9. The summed E-state index contributed by atoms with van der Waals surface area (Å²) in [4.78, 5) is 11.5. The Morgan fingerprint density at radius 1 is 1.24 bits per heavy atom. The van der Waals surface area contributed by atoms with Crippen LogP contribution >= 0.6 is 12.4 Å². The molecule has 1 aromatic rings. The lowest BCUT2D eigenvalue weighted by atomic mass is 10.0. The first kappa shape index (κ1) is 18.2. The van der Waals surface area contributed by atoms with Crippen LogP contribution in [0.2, 0.25) is 0 Å². The fourth-order valence-electron chi connectivity index (χ4n) is 3.60. The molecular formula is C15H20ClN3O5S. The van der Waals surface area contributed by atoms with Crippen molar-refractivity contribution in [3.05, 3.63) is 12.1 Å². The van der Waals surface area contributed by atoms with Crippen LogP contribution in [-0.4, -0.2) is 58.5 Å². The second-order valence-electron chi connectivity index (χ2n) is 6.34. The number of hydrogen-bond acceptors (Lipinski definition) is 6. The number of hydrogen-bond donors (Lipinski definition) is 2. The van der Waals surface area contributed by atoms with Crippen LogP contribution in [0.3, 0.4) is 0 Å². The van der Waals surface area contributed by atoms with Crippen molar-refractivity contribution in [1.82, 2.24) is 9.62 Å². The molecule has 2 atom stereocenters. The molecule has 3 aliphatic heterocycles. The third-order valence-electron chi connectivity index (χ3n) is 4.87. The van der Waals surface area contributed by atoms with Crippen LogP contribution in [0.4, 0.5) is 5.69 Å². The molecule has 25 heavy (non-hydrogen) atoms. The molecule has 0 aromatic heterocycles. The second kappa shape index (κ2) is 6.64. The fourth-order valence-corrected chi connectivity index (χ4v) is 5.30. The van der Waals surface area contributed by atoms with Crippen molar-refractivity contribution in [2.75, 3.05) is 45.2 Å². The van der Waals surface area contributed by atoms with Crippen LogP contribution in [0.1, 0.15) is 0 Å². The van der Waals surface area contributed by atoms with E-state index in [9.17, 15) is 13.2 Å². The van der Waals surface area contributed by atoms with E-state index in [1.807, 2.05) is 0 Å². The highest BCUT2D eigenvalue weighted by atomic mass is 35.5. The number of benzene rings is 1. The van der Waals surface area contributed by atoms with E-state index in [4.69, 9.17) is 9.47 Å². The smallest absolute Gasteiger partial charge is 0.262 e. The van der Waals surface area contributed by atoms with Crippen LogP contribution in [0.25, 0.3) is 0 Å². The first-order valence-corrected chi connectivity index (χ1v) is 9.28. The quantitative estimate of drug-likeness (QED) is 0.771. The first-order valence-electron chi connectivity index (χ1n) is 7.84. The molecule has 0 saturated carbocycles. The minimum atomic E-state index is -3.68. The van der Waals surface area contributed by atoms with Crippen molar-refractivity contribution >= 4 is 34.0 Å². The molecule has 0 aliphatic carbocycles. The van der Waals surface area contributed by atoms with Crippen LogP contribution in [0.15, 0.2) is 17.0 Å². The first-order chi connectivity index (χ1) is 11.5. The van der Waals surface area contributed by atoms with Gasteiger partial charge in [0.15, 0.2) is 6.61 Å². The number of nitrogens with zero attached hydrogens (tertiary/aromatic N) is 1. The number of fused-ring (bicyclic) bond motifs is 2. The molecule has 0 spiro atoms. The molecule has 2 fully saturated rings. The molecule has 0 bridgehead atoms. The largest absolute Gasteiger partial charge is 0.495 e. The minimum absolute atomic E-state index is 0. The number of sulfonamides is 1. The van der Waals surface area contributed by atoms with Gasteiger partial charge in [0.1, 0.15) is 16.4 Å². The molecule has 8 nitrogen and oxygen atoms in total. The summed E-state index contributed by atoms with van der Waals surface area (Å²) in [7, 11) is -2.27. The summed E-state index contributed by atoms with van der Waals surface area (Å²) >= 11 is 0. The Bertz CT molecular complexity index is 789. The predicted octanol–water partition coefficient (Wildman–Crippen LogP) is 0.288. The van der Waals surface area contributed by atoms with Crippen molar-refractivity contribution in [3.63, 3.8) is 0 Å². The summed E-state index contributed by atoms with van der Waals surface area (Å²) < 4.78 is 38.3. The Hall–Kier alpha value is -1.55. The number of rotatable bonds is 3.